The van der Waals surface area contributed by atoms with Crippen LogP contribution in [0, 0.1) is 6.92 Å². The Kier molecular flexibility index (Phi) is 5.38. The molecular weight excluding hydrogens is 348 g/mol. The highest BCUT2D eigenvalue weighted by Gasteiger charge is 2.14. The van der Waals surface area contributed by atoms with Crippen molar-refractivity contribution in [2.75, 3.05) is 13.6 Å². The zero-order valence-corrected chi connectivity index (χ0v) is 14.0. The molecule has 5 nitrogen and oxygen atoms in total. The van der Waals surface area contributed by atoms with Crippen LogP contribution in [-0.4, -0.2) is 30.3 Å². The summed E-state index contributed by atoms with van der Waals surface area (Å²) >= 11 is 3.13. The third-order valence-electron chi connectivity index (χ3n) is 3.29. The molecule has 6 heteroatoms. The summed E-state index contributed by atoms with van der Waals surface area (Å²) in [5.74, 6) is -0.410. The fraction of sp³-hybridized carbons (Fsp3) is 0.250. The zero-order valence-electron chi connectivity index (χ0n) is 12.4. The van der Waals surface area contributed by atoms with Gasteiger partial charge in [-0.1, -0.05) is 24.3 Å². The van der Waals surface area contributed by atoms with Crippen molar-refractivity contribution in [1.29, 1.82) is 0 Å². The average Bonchev–Trinajstić information content (AvgIpc) is 2.93. The molecule has 116 valence electrons. The number of amides is 2. The molecule has 0 aliphatic heterocycles. The Bertz CT molecular complexity index is 682. The molecule has 2 aromatic rings. The van der Waals surface area contributed by atoms with E-state index in [0.717, 1.165) is 11.1 Å². The van der Waals surface area contributed by atoms with Crippen molar-refractivity contribution in [3.63, 3.8) is 0 Å². The maximum atomic E-state index is 12.1. The van der Waals surface area contributed by atoms with Gasteiger partial charge in [0.2, 0.25) is 5.91 Å². The number of nitrogens with zero attached hydrogens (tertiary/aromatic N) is 1. The highest BCUT2D eigenvalue weighted by molar-refractivity contribution is 9.10. The molecule has 0 saturated heterocycles. The monoisotopic (exact) mass is 364 g/mol. The number of halogens is 1. The first-order valence-corrected chi connectivity index (χ1v) is 7.58. The van der Waals surface area contributed by atoms with Crippen LogP contribution in [0.5, 0.6) is 0 Å². The van der Waals surface area contributed by atoms with Crippen LogP contribution < -0.4 is 5.32 Å². The predicted molar refractivity (Wildman–Crippen MR) is 86.4 cm³/mol. The van der Waals surface area contributed by atoms with Crippen LogP contribution in [0.3, 0.4) is 0 Å². The lowest BCUT2D eigenvalue weighted by molar-refractivity contribution is -0.129. The first kappa shape index (κ1) is 16.3. The number of carbonyl (C=O) groups is 2. The quantitative estimate of drug-likeness (QED) is 0.886. The van der Waals surface area contributed by atoms with Crippen LogP contribution in [0.2, 0.25) is 0 Å². The summed E-state index contributed by atoms with van der Waals surface area (Å²) in [4.78, 5) is 25.5. The van der Waals surface area contributed by atoms with Crippen LogP contribution >= 0.6 is 15.9 Å². The normalized spacial score (nSPS) is 10.3. The van der Waals surface area contributed by atoms with Crippen molar-refractivity contribution < 1.29 is 14.0 Å². The van der Waals surface area contributed by atoms with E-state index >= 15 is 0 Å². The molecule has 1 heterocycles. The van der Waals surface area contributed by atoms with E-state index < -0.39 is 5.91 Å². The van der Waals surface area contributed by atoms with Crippen LogP contribution in [0.4, 0.5) is 0 Å². The summed E-state index contributed by atoms with van der Waals surface area (Å²) in [6.07, 6.45) is 0. The zero-order chi connectivity index (χ0) is 16.1. The van der Waals surface area contributed by atoms with Gasteiger partial charge in [0.25, 0.3) is 5.91 Å². The minimum absolute atomic E-state index is 0.0699. The maximum absolute atomic E-state index is 12.1. The summed E-state index contributed by atoms with van der Waals surface area (Å²) in [6, 6.07) is 11.1. The van der Waals surface area contributed by atoms with Gasteiger partial charge in [0.15, 0.2) is 10.4 Å². The van der Waals surface area contributed by atoms with E-state index in [1.807, 2.05) is 31.2 Å². The van der Waals surface area contributed by atoms with Gasteiger partial charge in [0.05, 0.1) is 6.54 Å². The largest absolute Gasteiger partial charge is 0.444 e. The van der Waals surface area contributed by atoms with E-state index in [9.17, 15) is 9.59 Å². The number of aryl methyl sites for hydroxylation is 1. The smallest absolute Gasteiger partial charge is 0.287 e. The van der Waals surface area contributed by atoms with Crippen molar-refractivity contribution in [3.8, 4) is 0 Å². The third-order valence-corrected chi connectivity index (χ3v) is 3.72. The van der Waals surface area contributed by atoms with Crippen molar-refractivity contribution in [2.24, 2.45) is 0 Å². The van der Waals surface area contributed by atoms with E-state index in [1.54, 1.807) is 24.1 Å². The fourth-order valence-corrected chi connectivity index (χ4v) is 2.25. The molecule has 22 heavy (non-hydrogen) atoms. The second-order valence-electron chi connectivity index (χ2n) is 4.96. The molecule has 0 bridgehead atoms. The number of carbonyl (C=O) groups excluding carboxylic acids is 2. The van der Waals surface area contributed by atoms with Gasteiger partial charge in [-0.3, -0.25) is 9.59 Å². The van der Waals surface area contributed by atoms with Crippen LogP contribution in [-0.2, 0) is 11.3 Å². The molecule has 0 spiro atoms. The molecule has 2 amide bonds. The highest BCUT2D eigenvalue weighted by Crippen LogP contribution is 2.13. The second-order valence-corrected chi connectivity index (χ2v) is 5.74. The van der Waals surface area contributed by atoms with Gasteiger partial charge >= 0.3 is 0 Å². The van der Waals surface area contributed by atoms with Crippen LogP contribution in [0.25, 0.3) is 0 Å². The van der Waals surface area contributed by atoms with Gasteiger partial charge in [-0.2, -0.15) is 0 Å². The number of benzene rings is 1. The second kappa shape index (κ2) is 7.26. The first-order valence-electron chi connectivity index (χ1n) is 6.79. The fourth-order valence-electron chi connectivity index (χ4n) is 1.95. The van der Waals surface area contributed by atoms with Gasteiger partial charge in [-0.25, -0.2) is 0 Å². The molecule has 0 unspecified atom stereocenters. The Morgan fingerprint density at radius 2 is 1.95 bits per heavy atom. The Morgan fingerprint density at radius 1 is 1.23 bits per heavy atom. The summed E-state index contributed by atoms with van der Waals surface area (Å²) in [5.41, 5.74) is 2.21. The number of rotatable bonds is 5. The maximum Gasteiger partial charge on any atom is 0.287 e. The average molecular weight is 365 g/mol. The Morgan fingerprint density at radius 3 is 2.59 bits per heavy atom. The lowest BCUT2D eigenvalue weighted by Crippen LogP contribution is -2.37. The Hall–Kier alpha value is -2.08. The van der Waals surface area contributed by atoms with E-state index in [4.69, 9.17) is 4.42 Å². The summed E-state index contributed by atoms with van der Waals surface area (Å²) < 4.78 is 5.60. The van der Waals surface area contributed by atoms with Crippen LogP contribution in [0.1, 0.15) is 21.7 Å². The van der Waals surface area contributed by atoms with Crippen LogP contribution in [0.15, 0.2) is 45.5 Å². The van der Waals surface area contributed by atoms with Crippen molar-refractivity contribution in [3.05, 3.63) is 58.0 Å². The molecule has 0 aliphatic rings. The van der Waals surface area contributed by atoms with Crippen molar-refractivity contribution in [2.45, 2.75) is 13.5 Å². The molecule has 2 rings (SSSR count). The Balaban J connectivity index is 1.86. The van der Waals surface area contributed by atoms with Gasteiger partial charge in [0.1, 0.15) is 0 Å². The van der Waals surface area contributed by atoms with Crippen molar-refractivity contribution in [1.82, 2.24) is 10.2 Å². The van der Waals surface area contributed by atoms with Crippen molar-refractivity contribution >= 4 is 27.7 Å². The number of furan rings is 1. The van der Waals surface area contributed by atoms with E-state index in [2.05, 4.69) is 21.2 Å². The topological polar surface area (TPSA) is 62.6 Å². The molecule has 0 fully saturated rings. The SMILES string of the molecule is Cc1ccccc1CN(C)C(=O)CNC(=O)c1ccc(Br)o1. The summed E-state index contributed by atoms with van der Waals surface area (Å²) in [5, 5.41) is 2.55. The lowest BCUT2D eigenvalue weighted by Gasteiger charge is -2.18. The van der Waals surface area contributed by atoms with Gasteiger partial charge < -0.3 is 14.6 Å². The summed E-state index contributed by atoms with van der Waals surface area (Å²) in [6.45, 7) is 2.44. The number of hydrogen-bond donors (Lipinski definition) is 1. The van der Waals surface area contributed by atoms with Gasteiger partial charge in [-0.15, -0.1) is 0 Å². The molecule has 1 aromatic carbocycles. The van der Waals surface area contributed by atoms with Gasteiger partial charge in [0, 0.05) is 13.6 Å². The number of hydrogen-bond acceptors (Lipinski definition) is 3. The lowest BCUT2D eigenvalue weighted by atomic mass is 10.1. The number of nitrogens with one attached hydrogen (secondary N) is 1. The standard InChI is InChI=1S/C16H17BrN2O3/c1-11-5-3-4-6-12(11)10-19(2)15(20)9-18-16(21)13-7-8-14(17)22-13/h3-8H,9-10H2,1-2H3,(H,18,21). The molecule has 1 aromatic heterocycles. The molecule has 1 N–H and O–H groups in total. The summed E-state index contributed by atoms with van der Waals surface area (Å²) in [7, 11) is 1.71. The van der Waals surface area contributed by atoms with Gasteiger partial charge in [-0.05, 0) is 46.1 Å². The highest BCUT2D eigenvalue weighted by atomic mass is 79.9. The third kappa shape index (κ3) is 4.21. The van der Waals surface area contributed by atoms with E-state index in [-0.39, 0.29) is 18.2 Å². The minimum Gasteiger partial charge on any atom is -0.444 e. The molecule has 0 radical (unpaired) electrons. The Labute approximate surface area is 137 Å². The molecule has 0 saturated carbocycles. The minimum atomic E-state index is -0.414. The molecule has 0 aliphatic carbocycles. The molecule has 0 atom stereocenters. The predicted octanol–water partition coefficient (Wildman–Crippen LogP) is 2.74. The van der Waals surface area contributed by atoms with E-state index in [1.165, 1.54) is 0 Å². The number of likely N-dealkylation sites (N-methyl/N-ethyl adjacent to an activating group) is 1. The van der Waals surface area contributed by atoms with E-state index in [0.29, 0.717) is 11.2 Å². The molecular formula is C16H17BrN2O3. The first-order chi connectivity index (χ1) is 10.5.